The van der Waals surface area contributed by atoms with Gasteiger partial charge in [0, 0.05) is 25.5 Å². The van der Waals surface area contributed by atoms with Crippen molar-refractivity contribution in [3.05, 3.63) is 59.7 Å². The predicted octanol–water partition coefficient (Wildman–Crippen LogP) is 2.73. The summed E-state index contributed by atoms with van der Waals surface area (Å²) < 4.78 is 1.74. The van der Waals surface area contributed by atoms with Gasteiger partial charge in [-0.25, -0.2) is 14.6 Å². The van der Waals surface area contributed by atoms with Crippen LogP contribution in [0, 0.1) is 6.92 Å². The molecule has 0 saturated carbocycles. The van der Waals surface area contributed by atoms with Gasteiger partial charge in [0.2, 0.25) is 0 Å². The van der Waals surface area contributed by atoms with Crippen molar-refractivity contribution in [2.75, 3.05) is 22.9 Å². The number of carbonyl (C=O) groups excluding carboxylic acids is 1. The molecule has 1 saturated heterocycles. The van der Waals surface area contributed by atoms with Gasteiger partial charge in [0.15, 0.2) is 0 Å². The molecule has 3 aromatic heterocycles. The normalized spacial score (nSPS) is 16.3. The van der Waals surface area contributed by atoms with E-state index in [9.17, 15) is 4.79 Å². The molecule has 0 spiro atoms. The second kappa shape index (κ2) is 6.19. The van der Waals surface area contributed by atoms with Crippen molar-refractivity contribution >= 4 is 17.5 Å². The fourth-order valence-electron chi connectivity index (χ4n) is 3.66. The van der Waals surface area contributed by atoms with Crippen LogP contribution in [0.3, 0.4) is 0 Å². The number of fused-ring (bicyclic) bond motifs is 1. The number of hydrogen-bond donors (Lipinski definition) is 0. The summed E-state index contributed by atoms with van der Waals surface area (Å²) in [4.78, 5) is 25.6. The Hall–Kier alpha value is -3.22. The molecule has 1 fully saturated rings. The third-order valence-corrected chi connectivity index (χ3v) is 5.17. The second-order valence-corrected chi connectivity index (χ2v) is 7.09. The van der Waals surface area contributed by atoms with E-state index in [4.69, 9.17) is 0 Å². The summed E-state index contributed by atoms with van der Waals surface area (Å²) in [6, 6.07) is 7.86. The lowest BCUT2D eigenvalue weighted by Gasteiger charge is -2.16. The Morgan fingerprint density at radius 1 is 0.963 bits per heavy atom. The zero-order chi connectivity index (χ0) is 18.4. The van der Waals surface area contributed by atoms with Crippen LogP contribution in [-0.4, -0.2) is 38.7 Å². The summed E-state index contributed by atoms with van der Waals surface area (Å²) in [5, 5.41) is 4.60. The monoisotopic (exact) mass is 360 g/mol. The zero-order valence-electron chi connectivity index (χ0n) is 15.2. The smallest absolute Gasteiger partial charge is 0.263 e. The highest BCUT2D eigenvalue weighted by Gasteiger charge is 2.32. The average Bonchev–Trinajstić information content (AvgIpc) is 3.41. The summed E-state index contributed by atoms with van der Waals surface area (Å²) in [5.74, 6) is 1.60. The van der Waals surface area contributed by atoms with E-state index >= 15 is 0 Å². The fraction of sp³-hybridized carbons (Fsp3) is 0.300. The van der Waals surface area contributed by atoms with Crippen molar-refractivity contribution in [3.63, 3.8) is 0 Å². The van der Waals surface area contributed by atoms with Gasteiger partial charge in [0.05, 0.1) is 29.7 Å². The van der Waals surface area contributed by atoms with E-state index in [0.717, 1.165) is 35.9 Å². The molecule has 0 unspecified atom stereocenters. The van der Waals surface area contributed by atoms with Crippen LogP contribution in [-0.2, 0) is 6.54 Å². The lowest BCUT2D eigenvalue weighted by atomic mass is 10.3. The first-order valence-electron chi connectivity index (χ1n) is 9.23. The number of pyridine rings is 2. The number of aryl methyl sites for hydroxylation is 1. The van der Waals surface area contributed by atoms with Crippen molar-refractivity contribution in [1.29, 1.82) is 0 Å². The number of hydrogen-bond acceptors (Lipinski definition) is 5. The van der Waals surface area contributed by atoms with E-state index < -0.39 is 0 Å². The van der Waals surface area contributed by atoms with Crippen LogP contribution in [0.1, 0.15) is 34.5 Å². The highest BCUT2D eigenvalue weighted by Crippen LogP contribution is 2.27. The first-order chi connectivity index (χ1) is 13.2. The van der Waals surface area contributed by atoms with Crippen molar-refractivity contribution in [2.24, 2.45) is 0 Å². The Bertz CT molecular complexity index is 986. The lowest BCUT2D eigenvalue weighted by molar-refractivity contribution is 0.0995. The molecule has 7 nitrogen and oxygen atoms in total. The van der Waals surface area contributed by atoms with Crippen LogP contribution < -0.4 is 9.80 Å². The quantitative estimate of drug-likeness (QED) is 0.718. The predicted molar refractivity (Wildman–Crippen MR) is 102 cm³/mol. The van der Waals surface area contributed by atoms with Crippen LogP contribution in [0.4, 0.5) is 11.6 Å². The molecular formula is C20H20N6O. The number of amides is 1. The highest BCUT2D eigenvalue weighted by atomic mass is 16.2. The van der Waals surface area contributed by atoms with E-state index in [1.807, 2.05) is 37.4 Å². The summed E-state index contributed by atoms with van der Waals surface area (Å²) in [7, 11) is 0. The molecule has 2 aliphatic rings. The zero-order valence-corrected chi connectivity index (χ0v) is 15.2. The Balaban J connectivity index is 1.38. The third-order valence-electron chi connectivity index (χ3n) is 5.17. The van der Waals surface area contributed by atoms with Gasteiger partial charge in [0.25, 0.3) is 5.91 Å². The average molecular weight is 360 g/mol. The van der Waals surface area contributed by atoms with Gasteiger partial charge in [-0.2, -0.15) is 5.10 Å². The molecule has 27 heavy (non-hydrogen) atoms. The molecule has 0 radical (unpaired) electrons. The molecule has 0 atom stereocenters. The molecule has 5 rings (SSSR count). The van der Waals surface area contributed by atoms with E-state index in [0.29, 0.717) is 17.9 Å². The standard InChI is InChI=1S/C20H20N6O/c1-14-4-6-19(21-10-14)25-13-17-16(20(25)27)12-26(23-17)15-5-7-18(22-11-15)24-8-2-3-9-24/h4-7,10-12H,2-3,8-9,13H2,1H3. The lowest BCUT2D eigenvalue weighted by Crippen LogP contribution is -2.24. The van der Waals surface area contributed by atoms with E-state index in [2.05, 4.69) is 20.0 Å². The molecular weight excluding hydrogens is 340 g/mol. The van der Waals surface area contributed by atoms with Gasteiger partial charge in [-0.05, 0) is 43.5 Å². The number of aromatic nitrogens is 4. The van der Waals surface area contributed by atoms with Crippen LogP contribution in [0.15, 0.2) is 42.9 Å². The van der Waals surface area contributed by atoms with E-state index in [1.54, 1.807) is 22.0 Å². The van der Waals surface area contributed by atoms with Gasteiger partial charge in [-0.3, -0.25) is 9.69 Å². The molecule has 136 valence electrons. The summed E-state index contributed by atoms with van der Waals surface area (Å²) in [5.41, 5.74) is 3.32. The number of rotatable bonds is 3. The molecule has 5 heterocycles. The fourth-order valence-corrected chi connectivity index (χ4v) is 3.66. The molecule has 1 amide bonds. The minimum atomic E-state index is -0.0609. The summed E-state index contributed by atoms with van der Waals surface area (Å²) in [6.07, 6.45) is 7.83. The van der Waals surface area contributed by atoms with E-state index in [1.165, 1.54) is 12.8 Å². The summed E-state index contributed by atoms with van der Waals surface area (Å²) in [6.45, 7) is 4.56. The maximum atomic E-state index is 12.8. The van der Waals surface area contributed by atoms with Gasteiger partial charge < -0.3 is 4.90 Å². The molecule has 0 aliphatic carbocycles. The number of anilines is 2. The van der Waals surface area contributed by atoms with Gasteiger partial charge in [-0.15, -0.1) is 0 Å². The van der Waals surface area contributed by atoms with Crippen LogP contribution in [0.25, 0.3) is 5.69 Å². The first kappa shape index (κ1) is 16.0. The Morgan fingerprint density at radius 2 is 1.74 bits per heavy atom. The molecule has 7 heteroatoms. The van der Waals surface area contributed by atoms with Crippen LogP contribution in [0.5, 0.6) is 0 Å². The second-order valence-electron chi connectivity index (χ2n) is 7.09. The van der Waals surface area contributed by atoms with Gasteiger partial charge in [-0.1, -0.05) is 6.07 Å². The molecule has 0 bridgehead atoms. The molecule has 2 aliphatic heterocycles. The van der Waals surface area contributed by atoms with Gasteiger partial charge >= 0.3 is 0 Å². The highest BCUT2D eigenvalue weighted by molar-refractivity contribution is 6.09. The van der Waals surface area contributed by atoms with Gasteiger partial charge in [0.1, 0.15) is 11.6 Å². The number of carbonyl (C=O) groups is 1. The number of nitrogens with zero attached hydrogens (tertiary/aromatic N) is 6. The largest absolute Gasteiger partial charge is 0.357 e. The van der Waals surface area contributed by atoms with Crippen LogP contribution in [0.2, 0.25) is 0 Å². The Morgan fingerprint density at radius 3 is 2.41 bits per heavy atom. The molecule has 3 aromatic rings. The molecule has 0 N–H and O–H groups in total. The SMILES string of the molecule is Cc1ccc(N2Cc3nn(-c4ccc(N5CCCC5)nc4)cc3C2=O)nc1. The van der Waals surface area contributed by atoms with E-state index in [-0.39, 0.29) is 5.91 Å². The van der Waals surface area contributed by atoms with Crippen molar-refractivity contribution in [3.8, 4) is 5.69 Å². The van der Waals surface area contributed by atoms with Crippen molar-refractivity contribution < 1.29 is 4.79 Å². The Labute approximate surface area is 157 Å². The van der Waals surface area contributed by atoms with Crippen LogP contribution >= 0.6 is 0 Å². The maximum Gasteiger partial charge on any atom is 0.263 e. The Kier molecular flexibility index (Phi) is 3.67. The van der Waals surface area contributed by atoms with Crippen molar-refractivity contribution in [2.45, 2.75) is 26.3 Å². The van der Waals surface area contributed by atoms with Crippen molar-refractivity contribution in [1.82, 2.24) is 19.7 Å². The minimum Gasteiger partial charge on any atom is -0.357 e. The topological polar surface area (TPSA) is 67.2 Å². The maximum absolute atomic E-state index is 12.8. The third kappa shape index (κ3) is 2.75. The minimum absolute atomic E-state index is 0.0609. The molecule has 0 aromatic carbocycles. The first-order valence-corrected chi connectivity index (χ1v) is 9.23. The summed E-state index contributed by atoms with van der Waals surface area (Å²) >= 11 is 0.